The molecule has 2 aliphatic rings. The van der Waals surface area contributed by atoms with Crippen LogP contribution in [-0.4, -0.2) is 68.1 Å². The van der Waals surface area contributed by atoms with Crippen LogP contribution in [0.25, 0.3) is 0 Å². The molecule has 0 atom stereocenters. The van der Waals surface area contributed by atoms with Gasteiger partial charge in [0.2, 0.25) is 0 Å². The average Bonchev–Trinajstić information content (AvgIpc) is 2.40. The molecule has 0 aliphatic carbocycles. The van der Waals surface area contributed by atoms with Gasteiger partial charge in [-0.1, -0.05) is 13.8 Å². The maximum Gasteiger partial charge on any atom is 0.279 e. The zero-order valence-corrected chi connectivity index (χ0v) is 14.2. The first kappa shape index (κ1) is 17.1. The smallest absolute Gasteiger partial charge is 0.279 e. The number of nitrogens with zero attached hydrogens (tertiary/aromatic N) is 2. The second-order valence-electron chi connectivity index (χ2n) is 7.42. The molecule has 0 aromatic carbocycles. The van der Waals surface area contributed by atoms with Gasteiger partial charge < -0.3 is 10.0 Å². The monoisotopic (exact) mass is 319 g/mol. The van der Waals surface area contributed by atoms with Crippen molar-refractivity contribution in [3.05, 3.63) is 0 Å². The predicted octanol–water partition coefficient (Wildman–Crippen LogP) is 0.400. The second-order valence-corrected chi connectivity index (χ2v) is 9.17. The maximum absolute atomic E-state index is 12.3. The highest BCUT2D eigenvalue weighted by molar-refractivity contribution is 7.87. The molecule has 2 heterocycles. The summed E-state index contributed by atoms with van der Waals surface area (Å²) >= 11 is 0. The lowest BCUT2D eigenvalue weighted by atomic mass is 9.83. The predicted molar refractivity (Wildman–Crippen MR) is 83.2 cm³/mol. The maximum atomic E-state index is 12.3. The molecule has 0 aromatic heterocycles. The summed E-state index contributed by atoms with van der Waals surface area (Å²) in [6.45, 7) is 7.18. The van der Waals surface area contributed by atoms with E-state index in [-0.39, 0.29) is 12.0 Å². The molecule has 0 unspecified atom stereocenters. The summed E-state index contributed by atoms with van der Waals surface area (Å²) < 4.78 is 28.8. The minimum atomic E-state index is -3.47. The largest absolute Gasteiger partial charge is 0.388 e. The topological polar surface area (TPSA) is 72.9 Å². The van der Waals surface area contributed by atoms with Gasteiger partial charge in [-0.3, -0.25) is 0 Å². The van der Waals surface area contributed by atoms with Crippen LogP contribution in [0.1, 0.15) is 39.5 Å². The summed E-state index contributed by atoms with van der Waals surface area (Å²) in [7, 11) is -1.46. The summed E-state index contributed by atoms with van der Waals surface area (Å²) in [6.07, 6.45) is 2.98. The van der Waals surface area contributed by atoms with E-state index in [9.17, 15) is 13.5 Å². The van der Waals surface area contributed by atoms with Crippen LogP contribution in [0, 0.1) is 5.41 Å². The fourth-order valence-corrected chi connectivity index (χ4v) is 4.16. The van der Waals surface area contributed by atoms with Crippen LogP contribution in [0.5, 0.6) is 0 Å². The third kappa shape index (κ3) is 4.63. The third-order valence-electron chi connectivity index (χ3n) is 4.92. The second kappa shape index (κ2) is 6.12. The highest BCUT2D eigenvalue weighted by atomic mass is 32.2. The van der Waals surface area contributed by atoms with Gasteiger partial charge in [0.05, 0.1) is 5.60 Å². The van der Waals surface area contributed by atoms with Crippen LogP contribution in [0.4, 0.5) is 0 Å². The normalized spacial score (nSPS) is 27.6. The number of hydrogen-bond donors (Lipinski definition) is 2. The van der Waals surface area contributed by atoms with Gasteiger partial charge in [0.15, 0.2) is 0 Å². The minimum absolute atomic E-state index is 0.114. The van der Waals surface area contributed by atoms with Crippen molar-refractivity contribution in [3.8, 4) is 0 Å². The Morgan fingerprint density at radius 3 is 2.10 bits per heavy atom. The van der Waals surface area contributed by atoms with E-state index in [1.165, 1.54) is 4.31 Å². The van der Waals surface area contributed by atoms with E-state index in [0.29, 0.717) is 25.9 Å². The first-order valence-electron chi connectivity index (χ1n) is 7.78. The Morgan fingerprint density at radius 1 is 1.05 bits per heavy atom. The van der Waals surface area contributed by atoms with Gasteiger partial charge in [0, 0.05) is 32.7 Å². The molecule has 0 spiro atoms. The molecule has 0 amide bonds. The van der Waals surface area contributed by atoms with E-state index in [2.05, 4.69) is 23.5 Å². The van der Waals surface area contributed by atoms with E-state index in [1.807, 2.05) is 7.05 Å². The average molecular weight is 319 g/mol. The molecular formula is C14H29N3O3S. The first-order chi connectivity index (χ1) is 9.62. The molecule has 0 saturated carbocycles. The zero-order valence-electron chi connectivity index (χ0n) is 13.4. The highest BCUT2D eigenvalue weighted by Gasteiger charge is 2.35. The number of likely N-dealkylation sites (tertiary alicyclic amines) is 1. The van der Waals surface area contributed by atoms with Crippen molar-refractivity contribution in [1.82, 2.24) is 13.9 Å². The molecule has 0 aromatic rings. The van der Waals surface area contributed by atoms with Gasteiger partial charge in [-0.25, -0.2) is 0 Å². The van der Waals surface area contributed by atoms with Crippen molar-refractivity contribution in [2.24, 2.45) is 5.41 Å². The Bertz CT molecular complexity index is 446. The van der Waals surface area contributed by atoms with Crippen molar-refractivity contribution in [2.75, 3.05) is 39.8 Å². The Kier molecular flexibility index (Phi) is 5.00. The van der Waals surface area contributed by atoms with E-state index >= 15 is 0 Å². The van der Waals surface area contributed by atoms with Gasteiger partial charge in [0.25, 0.3) is 10.2 Å². The molecular weight excluding hydrogens is 290 g/mol. The molecule has 2 fully saturated rings. The molecule has 0 bridgehead atoms. The third-order valence-corrected chi connectivity index (χ3v) is 6.47. The van der Waals surface area contributed by atoms with Crippen LogP contribution in [-0.2, 0) is 10.2 Å². The van der Waals surface area contributed by atoms with Crippen molar-refractivity contribution < 1.29 is 13.5 Å². The lowest BCUT2D eigenvalue weighted by Gasteiger charge is -2.38. The Balaban J connectivity index is 1.87. The molecule has 6 nitrogen and oxygen atoms in total. The van der Waals surface area contributed by atoms with Crippen molar-refractivity contribution in [3.63, 3.8) is 0 Å². The van der Waals surface area contributed by atoms with Gasteiger partial charge in [-0.15, -0.1) is 0 Å². The van der Waals surface area contributed by atoms with Crippen LogP contribution in [0.3, 0.4) is 0 Å². The van der Waals surface area contributed by atoms with Gasteiger partial charge >= 0.3 is 0 Å². The van der Waals surface area contributed by atoms with Crippen molar-refractivity contribution in [2.45, 2.75) is 45.1 Å². The first-order valence-corrected chi connectivity index (χ1v) is 9.22. The van der Waals surface area contributed by atoms with Crippen LogP contribution in [0.2, 0.25) is 0 Å². The Morgan fingerprint density at radius 2 is 1.57 bits per heavy atom. The Hall–Kier alpha value is -0.210. The van der Waals surface area contributed by atoms with E-state index < -0.39 is 15.8 Å². The highest BCUT2D eigenvalue weighted by Crippen LogP contribution is 2.30. The van der Waals surface area contributed by atoms with Gasteiger partial charge in [-0.05, 0) is 38.1 Å². The van der Waals surface area contributed by atoms with Gasteiger partial charge in [0.1, 0.15) is 0 Å². The standard InChI is InChI=1S/C14H29N3O3S/c1-13(2)4-10-17(11-5-13)21(19,20)15-12-14(18)6-8-16(3)9-7-14/h15,18H,4-12H2,1-3H3. The summed E-state index contributed by atoms with van der Waals surface area (Å²) in [6, 6.07) is 0. The summed E-state index contributed by atoms with van der Waals surface area (Å²) in [5.74, 6) is 0. The van der Waals surface area contributed by atoms with Crippen molar-refractivity contribution in [1.29, 1.82) is 0 Å². The minimum Gasteiger partial charge on any atom is -0.388 e. The molecule has 21 heavy (non-hydrogen) atoms. The molecule has 7 heteroatoms. The molecule has 124 valence electrons. The van der Waals surface area contributed by atoms with E-state index in [1.54, 1.807) is 0 Å². The fourth-order valence-electron chi connectivity index (χ4n) is 2.86. The molecule has 2 rings (SSSR count). The summed E-state index contributed by atoms with van der Waals surface area (Å²) in [5.41, 5.74) is -0.688. The van der Waals surface area contributed by atoms with E-state index in [0.717, 1.165) is 25.9 Å². The zero-order chi connectivity index (χ0) is 15.7. The van der Waals surface area contributed by atoms with Crippen LogP contribution < -0.4 is 4.72 Å². The molecule has 0 radical (unpaired) electrons. The van der Waals surface area contributed by atoms with E-state index in [4.69, 9.17) is 0 Å². The van der Waals surface area contributed by atoms with Crippen molar-refractivity contribution >= 4 is 10.2 Å². The number of nitrogens with one attached hydrogen (secondary N) is 1. The number of hydrogen-bond acceptors (Lipinski definition) is 4. The lowest BCUT2D eigenvalue weighted by molar-refractivity contribution is -0.0107. The molecule has 2 N–H and O–H groups in total. The fraction of sp³-hybridized carbons (Fsp3) is 1.00. The summed E-state index contributed by atoms with van der Waals surface area (Å²) in [4.78, 5) is 2.15. The number of piperidine rings is 2. The Labute approximate surface area is 128 Å². The lowest BCUT2D eigenvalue weighted by Crippen LogP contribution is -2.53. The molecule has 2 aliphatic heterocycles. The van der Waals surface area contributed by atoms with Crippen LogP contribution in [0.15, 0.2) is 0 Å². The quantitative estimate of drug-likeness (QED) is 0.787. The molecule has 2 saturated heterocycles. The number of aliphatic hydroxyl groups is 1. The number of rotatable bonds is 4. The van der Waals surface area contributed by atoms with Crippen LogP contribution >= 0.6 is 0 Å². The van der Waals surface area contributed by atoms with Gasteiger partial charge in [-0.2, -0.15) is 17.4 Å². The SMILES string of the molecule is CN1CCC(O)(CNS(=O)(=O)N2CCC(C)(C)CC2)CC1. The summed E-state index contributed by atoms with van der Waals surface area (Å²) in [5, 5.41) is 10.5.